The maximum absolute atomic E-state index is 6.64. The molecule has 0 aromatic carbocycles. The molecule has 0 aromatic rings. The molecule has 0 aliphatic carbocycles. The van der Waals surface area contributed by atoms with Crippen LogP contribution in [0.2, 0.25) is 0 Å². The molecule has 1 saturated heterocycles. The van der Waals surface area contributed by atoms with Crippen molar-refractivity contribution in [2.45, 2.75) is 218 Å². The van der Waals surface area contributed by atoms with Crippen LogP contribution in [0.15, 0.2) is 48.6 Å². The summed E-state index contributed by atoms with van der Waals surface area (Å²) in [7, 11) is 4.28. The highest BCUT2D eigenvalue weighted by atomic mass is 16.7. The van der Waals surface area contributed by atoms with E-state index in [0.717, 1.165) is 38.8 Å². The van der Waals surface area contributed by atoms with E-state index >= 15 is 0 Å². The van der Waals surface area contributed by atoms with Crippen LogP contribution in [0, 0.1) is 0 Å². The highest BCUT2D eigenvalue weighted by Crippen LogP contribution is 2.35. The van der Waals surface area contributed by atoms with Crippen molar-refractivity contribution < 1.29 is 9.47 Å². The van der Waals surface area contributed by atoms with E-state index in [2.05, 4.69) is 81.5 Å². The summed E-state index contributed by atoms with van der Waals surface area (Å²) in [6.45, 7) is 6.26. The van der Waals surface area contributed by atoms with Crippen molar-refractivity contribution in [1.29, 1.82) is 0 Å². The fourth-order valence-electron chi connectivity index (χ4n) is 6.97. The summed E-state index contributed by atoms with van der Waals surface area (Å²) in [6.07, 6.45) is 58.0. The lowest BCUT2D eigenvalue weighted by Crippen LogP contribution is -2.33. The predicted molar refractivity (Wildman–Crippen MR) is 219 cm³/mol. The Balaban J connectivity index is 2.08. The van der Waals surface area contributed by atoms with Gasteiger partial charge >= 0.3 is 0 Å². The number of rotatable bonds is 36. The van der Waals surface area contributed by atoms with Gasteiger partial charge < -0.3 is 14.4 Å². The van der Waals surface area contributed by atoms with Crippen LogP contribution in [0.25, 0.3) is 0 Å². The number of hydrogen-bond acceptors (Lipinski definition) is 3. The topological polar surface area (TPSA) is 21.7 Å². The van der Waals surface area contributed by atoms with Crippen LogP contribution in [0.5, 0.6) is 0 Å². The maximum Gasteiger partial charge on any atom is 0.168 e. The summed E-state index contributed by atoms with van der Waals surface area (Å²) >= 11 is 0. The number of likely N-dealkylation sites (N-methyl/N-ethyl adjacent to an activating group) is 1. The molecule has 0 radical (unpaired) electrons. The van der Waals surface area contributed by atoms with Crippen molar-refractivity contribution in [3.63, 3.8) is 0 Å². The van der Waals surface area contributed by atoms with E-state index in [1.165, 1.54) is 167 Å². The molecule has 1 aliphatic heterocycles. The molecule has 1 atom stereocenters. The van der Waals surface area contributed by atoms with Crippen LogP contribution in [0.3, 0.4) is 0 Å². The molecule has 1 heterocycles. The molecule has 1 aliphatic rings. The van der Waals surface area contributed by atoms with Crippen molar-refractivity contribution in [3.05, 3.63) is 48.6 Å². The van der Waals surface area contributed by atoms with Gasteiger partial charge in [0.2, 0.25) is 0 Å². The zero-order valence-electron chi connectivity index (χ0n) is 33.6. The lowest BCUT2D eigenvalue weighted by atomic mass is 9.98. The van der Waals surface area contributed by atoms with Gasteiger partial charge in [0.1, 0.15) is 0 Å². The Morgan fingerprint density at radius 1 is 0.469 bits per heavy atom. The monoisotopic (exact) mass is 684 g/mol. The van der Waals surface area contributed by atoms with Crippen LogP contribution >= 0.6 is 0 Å². The summed E-state index contributed by atoms with van der Waals surface area (Å²) in [6, 6.07) is 0. The Labute approximate surface area is 307 Å². The Morgan fingerprint density at radius 3 is 1.18 bits per heavy atom. The van der Waals surface area contributed by atoms with E-state index < -0.39 is 0 Å². The van der Waals surface area contributed by atoms with E-state index in [9.17, 15) is 0 Å². The SMILES string of the molecule is CCCCC/C=C\C/C=C\CCCCCCCCCCC1(CCCCCCCCCC/C=C\C/C=C\CCCCC)OCC(CN(C)C)O1. The zero-order chi connectivity index (χ0) is 35.4. The molecule has 1 unspecified atom stereocenters. The van der Waals surface area contributed by atoms with Gasteiger partial charge in [-0.3, -0.25) is 0 Å². The predicted octanol–water partition coefficient (Wildman–Crippen LogP) is 14.6. The van der Waals surface area contributed by atoms with Crippen molar-refractivity contribution in [2.75, 3.05) is 27.2 Å². The quantitative estimate of drug-likeness (QED) is 0.0485. The number of nitrogens with zero attached hydrogens (tertiary/aromatic N) is 1. The smallest absolute Gasteiger partial charge is 0.168 e. The van der Waals surface area contributed by atoms with Crippen LogP contribution in [0.1, 0.15) is 206 Å². The lowest BCUT2D eigenvalue weighted by molar-refractivity contribution is -0.180. The molecule has 0 N–H and O–H groups in total. The normalized spacial score (nSPS) is 16.6. The van der Waals surface area contributed by atoms with Gasteiger partial charge in [0.25, 0.3) is 0 Å². The second kappa shape index (κ2) is 35.3. The van der Waals surface area contributed by atoms with E-state index in [0.29, 0.717) is 0 Å². The summed E-state index contributed by atoms with van der Waals surface area (Å²) in [4.78, 5) is 2.23. The number of unbranched alkanes of at least 4 members (excludes halogenated alkanes) is 22. The van der Waals surface area contributed by atoms with E-state index in [1.54, 1.807) is 0 Å². The second-order valence-electron chi connectivity index (χ2n) is 15.3. The van der Waals surface area contributed by atoms with E-state index in [-0.39, 0.29) is 11.9 Å². The summed E-state index contributed by atoms with van der Waals surface area (Å²) in [5.41, 5.74) is 0. The largest absolute Gasteiger partial charge is 0.347 e. The highest BCUT2D eigenvalue weighted by Gasteiger charge is 2.40. The molecule has 1 fully saturated rings. The van der Waals surface area contributed by atoms with E-state index in [1.807, 2.05) is 0 Å². The number of ether oxygens (including phenoxy) is 2. The molecule has 0 bridgehead atoms. The van der Waals surface area contributed by atoms with Gasteiger partial charge in [0.05, 0.1) is 12.7 Å². The molecule has 3 nitrogen and oxygen atoms in total. The van der Waals surface area contributed by atoms with Crippen LogP contribution in [-0.4, -0.2) is 44.0 Å². The third-order valence-corrected chi connectivity index (χ3v) is 10.00. The highest BCUT2D eigenvalue weighted by molar-refractivity contribution is 4.93. The first-order chi connectivity index (χ1) is 24.1. The zero-order valence-corrected chi connectivity index (χ0v) is 33.6. The summed E-state index contributed by atoms with van der Waals surface area (Å²) in [5, 5.41) is 0. The third-order valence-electron chi connectivity index (χ3n) is 10.00. The van der Waals surface area contributed by atoms with Gasteiger partial charge in [-0.05, 0) is 91.1 Å². The molecule has 49 heavy (non-hydrogen) atoms. The van der Waals surface area contributed by atoms with Gasteiger partial charge in [-0.15, -0.1) is 0 Å². The van der Waals surface area contributed by atoms with Crippen molar-refractivity contribution >= 4 is 0 Å². The Kier molecular flexibility index (Phi) is 33.0. The average molecular weight is 684 g/mol. The van der Waals surface area contributed by atoms with Crippen LogP contribution in [-0.2, 0) is 9.47 Å². The summed E-state index contributed by atoms with van der Waals surface area (Å²) < 4.78 is 13.1. The summed E-state index contributed by atoms with van der Waals surface area (Å²) in [5.74, 6) is -0.322. The lowest BCUT2D eigenvalue weighted by Gasteiger charge is -2.29. The minimum Gasteiger partial charge on any atom is -0.347 e. The van der Waals surface area contributed by atoms with E-state index in [4.69, 9.17) is 9.47 Å². The minimum absolute atomic E-state index is 0.221. The van der Waals surface area contributed by atoms with Gasteiger partial charge in [0.15, 0.2) is 5.79 Å². The molecule has 286 valence electrons. The first-order valence-corrected chi connectivity index (χ1v) is 21.7. The maximum atomic E-state index is 6.64. The second-order valence-corrected chi connectivity index (χ2v) is 15.3. The van der Waals surface area contributed by atoms with Crippen molar-refractivity contribution in [1.82, 2.24) is 4.90 Å². The molecular formula is C46H85NO2. The van der Waals surface area contributed by atoms with Crippen molar-refractivity contribution in [2.24, 2.45) is 0 Å². The molecule has 0 spiro atoms. The van der Waals surface area contributed by atoms with Crippen LogP contribution in [0.4, 0.5) is 0 Å². The molecular weight excluding hydrogens is 599 g/mol. The number of hydrogen-bond donors (Lipinski definition) is 0. The Morgan fingerprint density at radius 2 is 0.816 bits per heavy atom. The number of allylic oxidation sites excluding steroid dienone is 8. The van der Waals surface area contributed by atoms with Gasteiger partial charge in [0, 0.05) is 19.4 Å². The Hall–Kier alpha value is -1.16. The molecule has 0 saturated carbocycles. The first kappa shape index (κ1) is 45.9. The van der Waals surface area contributed by atoms with Gasteiger partial charge in [-0.25, -0.2) is 0 Å². The molecule has 3 heteroatoms. The fourth-order valence-corrected chi connectivity index (χ4v) is 6.97. The molecule has 1 rings (SSSR count). The molecule has 0 aromatic heterocycles. The van der Waals surface area contributed by atoms with Crippen LogP contribution < -0.4 is 0 Å². The molecule has 0 amide bonds. The standard InChI is InChI=1S/C46H85NO2/c1-5-7-9-11-13-15-17-19-21-23-25-27-29-31-33-35-37-39-41-46(48-44-45(49-46)43-47(3)4)42-40-38-36-34-32-30-28-26-24-22-20-18-16-14-12-10-8-6-2/h13-16,19-22,45H,5-12,17-18,23-44H2,1-4H3/b15-13-,16-14-,21-19-,22-20-. The third kappa shape index (κ3) is 30.2. The van der Waals surface area contributed by atoms with Gasteiger partial charge in [-0.1, -0.05) is 165 Å². The van der Waals surface area contributed by atoms with Gasteiger partial charge in [-0.2, -0.15) is 0 Å². The average Bonchev–Trinajstić information content (AvgIpc) is 3.48. The minimum atomic E-state index is -0.322. The van der Waals surface area contributed by atoms with Crippen molar-refractivity contribution in [3.8, 4) is 0 Å². The Bertz CT molecular complexity index is 745. The fraction of sp³-hybridized carbons (Fsp3) is 0.826. The first-order valence-electron chi connectivity index (χ1n) is 21.7.